The summed E-state index contributed by atoms with van der Waals surface area (Å²) in [6.45, 7) is 7.53. The third kappa shape index (κ3) is 4.94. The number of ketones is 1. The van der Waals surface area contributed by atoms with Gasteiger partial charge in [0.1, 0.15) is 10.6 Å². The Labute approximate surface area is 186 Å². The Kier molecular flexibility index (Phi) is 6.78. The van der Waals surface area contributed by atoms with Crippen molar-refractivity contribution in [1.82, 2.24) is 9.78 Å². The molecule has 2 aromatic rings. The smallest absolute Gasteiger partial charge is 0.316 e. The van der Waals surface area contributed by atoms with E-state index < -0.39 is 11.6 Å². The SMILES string of the molecule is CC(C)n1nc(SN)cc1C(C)(C)O.NC(=O)Nc1c2c(cc3c1C(=O)CC3)CCC2. The van der Waals surface area contributed by atoms with E-state index in [1.54, 1.807) is 18.5 Å². The van der Waals surface area contributed by atoms with Crippen molar-refractivity contribution in [3.05, 3.63) is 40.1 Å². The van der Waals surface area contributed by atoms with Crippen molar-refractivity contribution in [2.24, 2.45) is 10.9 Å². The standard InChI is InChI=1S/C13H14N2O2.C9H17N3OS/c14-13(17)15-12-9-3-1-2-7(9)6-8-4-5-10(16)11(8)12;1-6(2)12-7(9(3,4)13)5-8(11-12)14-10/h6H,1-5H2,(H3,14,15,17);5-6,13H,10H2,1-4H3. The van der Waals surface area contributed by atoms with E-state index in [-0.39, 0.29) is 11.8 Å². The van der Waals surface area contributed by atoms with Crippen LogP contribution in [0.25, 0.3) is 0 Å². The number of urea groups is 1. The molecule has 4 rings (SSSR count). The molecule has 0 fully saturated rings. The number of nitrogens with one attached hydrogen (secondary N) is 1. The lowest BCUT2D eigenvalue weighted by molar-refractivity contribution is 0.0669. The predicted octanol–water partition coefficient (Wildman–Crippen LogP) is 3.45. The quantitative estimate of drug-likeness (QED) is 0.532. The van der Waals surface area contributed by atoms with Gasteiger partial charge in [0.2, 0.25) is 0 Å². The first-order valence-electron chi connectivity index (χ1n) is 10.5. The molecule has 0 saturated carbocycles. The van der Waals surface area contributed by atoms with Gasteiger partial charge in [0.05, 0.1) is 11.4 Å². The fraction of sp³-hybridized carbons (Fsp3) is 0.500. The number of nitrogens with zero attached hydrogens (tertiary/aromatic N) is 2. The highest BCUT2D eigenvalue weighted by atomic mass is 32.2. The average molecular weight is 446 g/mol. The molecular weight excluding hydrogens is 414 g/mol. The fourth-order valence-electron chi connectivity index (χ4n) is 4.24. The summed E-state index contributed by atoms with van der Waals surface area (Å²) in [5, 5.41) is 23.0. The number of benzene rings is 1. The van der Waals surface area contributed by atoms with Crippen molar-refractivity contribution < 1.29 is 14.7 Å². The number of amides is 2. The first kappa shape index (κ1) is 23.3. The molecule has 2 amide bonds. The number of aliphatic hydroxyl groups is 1. The second-order valence-electron chi connectivity index (χ2n) is 8.77. The molecule has 0 bridgehead atoms. The van der Waals surface area contributed by atoms with E-state index in [4.69, 9.17) is 10.9 Å². The van der Waals surface area contributed by atoms with Crippen molar-refractivity contribution in [2.45, 2.75) is 76.5 Å². The molecule has 9 heteroatoms. The maximum Gasteiger partial charge on any atom is 0.316 e. The number of aromatic nitrogens is 2. The van der Waals surface area contributed by atoms with Gasteiger partial charge in [0.25, 0.3) is 0 Å². The number of rotatable bonds is 4. The Morgan fingerprint density at radius 2 is 1.94 bits per heavy atom. The zero-order chi connectivity index (χ0) is 22.9. The summed E-state index contributed by atoms with van der Waals surface area (Å²) in [5.74, 6) is 0.124. The van der Waals surface area contributed by atoms with Gasteiger partial charge in [-0.15, -0.1) is 0 Å². The zero-order valence-corrected chi connectivity index (χ0v) is 19.3. The lowest BCUT2D eigenvalue weighted by atomic mass is 9.98. The van der Waals surface area contributed by atoms with Crippen LogP contribution in [0.3, 0.4) is 0 Å². The van der Waals surface area contributed by atoms with Crippen LogP contribution < -0.4 is 16.2 Å². The van der Waals surface area contributed by atoms with E-state index in [0.717, 1.165) is 59.5 Å². The van der Waals surface area contributed by atoms with Gasteiger partial charge in [-0.05, 0) is 88.1 Å². The highest BCUT2D eigenvalue weighted by molar-refractivity contribution is 7.97. The number of fused-ring (bicyclic) bond motifs is 2. The number of carbonyl (C=O) groups excluding carboxylic acids is 2. The molecule has 0 aliphatic heterocycles. The van der Waals surface area contributed by atoms with Crippen LogP contribution in [0.1, 0.15) is 79.3 Å². The summed E-state index contributed by atoms with van der Waals surface area (Å²) in [5.41, 5.74) is 9.93. The summed E-state index contributed by atoms with van der Waals surface area (Å²) in [6, 6.07) is 3.59. The van der Waals surface area contributed by atoms with E-state index in [0.29, 0.717) is 17.7 Å². The van der Waals surface area contributed by atoms with Gasteiger partial charge in [-0.3, -0.25) is 14.6 Å². The molecule has 0 saturated heterocycles. The van der Waals surface area contributed by atoms with Crippen LogP contribution in [0.2, 0.25) is 0 Å². The van der Waals surface area contributed by atoms with E-state index in [9.17, 15) is 14.7 Å². The molecule has 1 aromatic heterocycles. The third-order valence-corrected chi connectivity index (χ3v) is 6.02. The minimum absolute atomic E-state index is 0.124. The second kappa shape index (κ2) is 9.02. The fourth-order valence-corrected chi connectivity index (χ4v) is 4.55. The normalized spacial score (nSPS) is 14.9. The highest BCUT2D eigenvalue weighted by Gasteiger charge is 2.29. The number of hydrogen-bond acceptors (Lipinski definition) is 6. The molecule has 0 radical (unpaired) electrons. The maximum atomic E-state index is 11.9. The summed E-state index contributed by atoms with van der Waals surface area (Å²) >= 11 is 1.09. The van der Waals surface area contributed by atoms with Crippen molar-refractivity contribution >= 4 is 29.4 Å². The first-order chi connectivity index (χ1) is 14.5. The van der Waals surface area contributed by atoms with Crippen LogP contribution in [0.4, 0.5) is 10.5 Å². The van der Waals surface area contributed by atoms with Gasteiger partial charge in [-0.1, -0.05) is 6.07 Å². The van der Waals surface area contributed by atoms with E-state index in [2.05, 4.69) is 16.5 Å². The number of Topliss-reactive ketones (excluding diaryl/α,β-unsaturated/α-hetero) is 1. The number of carbonyl (C=O) groups is 2. The average Bonchev–Trinajstić information content (AvgIpc) is 3.39. The van der Waals surface area contributed by atoms with Gasteiger partial charge in [-0.25, -0.2) is 4.79 Å². The topological polar surface area (TPSA) is 136 Å². The lowest BCUT2D eigenvalue weighted by Gasteiger charge is -2.20. The molecule has 168 valence electrons. The van der Waals surface area contributed by atoms with Crippen molar-refractivity contribution in [1.29, 1.82) is 0 Å². The van der Waals surface area contributed by atoms with Crippen LogP contribution in [-0.2, 0) is 24.9 Å². The molecule has 0 atom stereocenters. The number of nitrogens with two attached hydrogens (primary N) is 2. The minimum atomic E-state index is -0.884. The molecule has 0 spiro atoms. The van der Waals surface area contributed by atoms with E-state index in [1.807, 2.05) is 19.9 Å². The Bertz CT molecular complexity index is 1010. The number of anilines is 1. The Morgan fingerprint density at radius 3 is 2.48 bits per heavy atom. The largest absolute Gasteiger partial charge is 0.384 e. The predicted molar refractivity (Wildman–Crippen MR) is 122 cm³/mol. The molecule has 0 unspecified atom stereocenters. The zero-order valence-electron chi connectivity index (χ0n) is 18.5. The Hall–Kier alpha value is -2.36. The number of aryl methyl sites for hydroxylation is 2. The lowest BCUT2D eigenvalue weighted by Crippen LogP contribution is -2.22. The van der Waals surface area contributed by atoms with E-state index in [1.165, 1.54) is 5.56 Å². The Morgan fingerprint density at radius 1 is 1.23 bits per heavy atom. The molecule has 2 aliphatic rings. The molecule has 31 heavy (non-hydrogen) atoms. The second-order valence-corrected chi connectivity index (χ2v) is 9.43. The van der Waals surface area contributed by atoms with Crippen molar-refractivity contribution in [2.75, 3.05) is 5.32 Å². The van der Waals surface area contributed by atoms with Crippen LogP contribution in [0.15, 0.2) is 17.2 Å². The van der Waals surface area contributed by atoms with Crippen LogP contribution in [-0.4, -0.2) is 26.7 Å². The van der Waals surface area contributed by atoms with Gasteiger partial charge in [0.15, 0.2) is 5.78 Å². The van der Waals surface area contributed by atoms with Gasteiger partial charge in [-0.2, -0.15) is 5.10 Å². The van der Waals surface area contributed by atoms with Crippen molar-refractivity contribution in [3.63, 3.8) is 0 Å². The third-order valence-electron chi connectivity index (χ3n) is 5.58. The summed E-state index contributed by atoms with van der Waals surface area (Å²) in [4.78, 5) is 23.0. The van der Waals surface area contributed by atoms with Crippen LogP contribution in [0.5, 0.6) is 0 Å². The number of hydrogen-bond donors (Lipinski definition) is 4. The molecule has 2 aliphatic carbocycles. The van der Waals surface area contributed by atoms with Gasteiger partial charge in [0, 0.05) is 18.0 Å². The molecule has 1 aromatic carbocycles. The molecular formula is C22H31N5O3S. The van der Waals surface area contributed by atoms with Crippen LogP contribution >= 0.6 is 11.9 Å². The minimum Gasteiger partial charge on any atom is -0.384 e. The highest BCUT2D eigenvalue weighted by Crippen LogP contribution is 2.38. The van der Waals surface area contributed by atoms with Crippen molar-refractivity contribution in [3.8, 4) is 0 Å². The summed E-state index contributed by atoms with van der Waals surface area (Å²) in [7, 11) is 0. The summed E-state index contributed by atoms with van der Waals surface area (Å²) in [6.07, 6.45) is 4.37. The first-order valence-corrected chi connectivity index (χ1v) is 11.4. The summed E-state index contributed by atoms with van der Waals surface area (Å²) < 4.78 is 1.80. The van der Waals surface area contributed by atoms with Gasteiger partial charge < -0.3 is 16.2 Å². The van der Waals surface area contributed by atoms with E-state index >= 15 is 0 Å². The number of primary amides is 1. The van der Waals surface area contributed by atoms with Gasteiger partial charge >= 0.3 is 6.03 Å². The monoisotopic (exact) mass is 445 g/mol. The Balaban J connectivity index is 0.000000180. The maximum absolute atomic E-state index is 11.9. The van der Waals surface area contributed by atoms with Crippen LogP contribution in [0, 0.1) is 0 Å². The molecule has 8 nitrogen and oxygen atoms in total. The molecule has 1 heterocycles. The molecule has 6 N–H and O–H groups in total.